The molecule has 3 aromatic rings. The number of hydrogen-bond acceptors (Lipinski definition) is 6. The molecule has 1 aliphatic rings. The lowest BCUT2D eigenvalue weighted by atomic mass is 10.0. The highest BCUT2D eigenvalue weighted by atomic mass is 79.9. The van der Waals surface area contributed by atoms with Gasteiger partial charge in [0.15, 0.2) is 5.82 Å². The molecule has 7 nitrogen and oxygen atoms in total. The largest absolute Gasteiger partial charge is 0.382 e. The number of carbonyl (C=O) groups is 1. The van der Waals surface area contributed by atoms with Gasteiger partial charge < -0.3 is 15.7 Å². The maximum Gasteiger partial charge on any atom is 0.267 e. The van der Waals surface area contributed by atoms with E-state index < -0.39 is 5.60 Å². The van der Waals surface area contributed by atoms with Crippen LogP contribution < -0.4 is 5.73 Å². The third-order valence-electron chi connectivity index (χ3n) is 4.65. The molecule has 0 unspecified atom stereocenters. The molecule has 3 heterocycles. The van der Waals surface area contributed by atoms with Crippen LogP contribution in [0.1, 0.15) is 12.0 Å². The standard InChI is InChI=1S/C20H16BrN5O2.H2S/c1-26-8-7-20(28,19(26)27)6-5-12-3-2-4-13(9-12)15-10-14(21)16-17(25-15)18(22)24-11-23-16;/h2-4,9-11,28H,7-8H2,1H3,(H2,22,23,24);1H2/t20-;/m1./s1. The second kappa shape index (κ2) is 7.99. The lowest BCUT2D eigenvalue weighted by Gasteiger charge is -2.13. The number of fused-ring (bicyclic) bond motifs is 1. The first kappa shape index (κ1) is 21.0. The summed E-state index contributed by atoms with van der Waals surface area (Å²) in [7, 11) is 1.65. The number of amides is 1. The van der Waals surface area contributed by atoms with E-state index in [0.29, 0.717) is 41.1 Å². The molecule has 1 atom stereocenters. The summed E-state index contributed by atoms with van der Waals surface area (Å²) >= 11 is 3.50. The van der Waals surface area contributed by atoms with E-state index in [1.54, 1.807) is 7.05 Å². The molecule has 1 aliphatic heterocycles. The Labute approximate surface area is 182 Å². The average Bonchev–Trinajstić information content (AvgIpc) is 2.95. The summed E-state index contributed by atoms with van der Waals surface area (Å²) in [6.45, 7) is 0.489. The number of carbonyl (C=O) groups excluding carboxylic acids is 1. The lowest BCUT2D eigenvalue weighted by Crippen LogP contribution is -2.37. The van der Waals surface area contributed by atoms with Gasteiger partial charge in [-0.3, -0.25) is 4.79 Å². The van der Waals surface area contributed by atoms with E-state index >= 15 is 0 Å². The summed E-state index contributed by atoms with van der Waals surface area (Å²) in [5.74, 6) is 5.57. The summed E-state index contributed by atoms with van der Waals surface area (Å²) in [5.41, 5.74) is 7.63. The van der Waals surface area contributed by atoms with Crippen molar-refractivity contribution in [1.29, 1.82) is 0 Å². The molecule has 9 heteroatoms. The van der Waals surface area contributed by atoms with E-state index in [4.69, 9.17) is 5.73 Å². The van der Waals surface area contributed by atoms with Crippen molar-refractivity contribution in [2.45, 2.75) is 12.0 Å². The third kappa shape index (κ3) is 3.92. The highest BCUT2D eigenvalue weighted by Crippen LogP contribution is 2.29. The van der Waals surface area contributed by atoms with Gasteiger partial charge in [0.05, 0.1) is 5.69 Å². The first-order valence-electron chi connectivity index (χ1n) is 8.56. The molecule has 4 rings (SSSR count). The fourth-order valence-electron chi connectivity index (χ4n) is 3.07. The minimum Gasteiger partial charge on any atom is -0.382 e. The summed E-state index contributed by atoms with van der Waals surface area (Å²) in [4.78, 5) is 26.3. The Hall–Kier alpha value is -2.67. The van der Waals surface area contributed by atoms with Gasteiger partial charge in [-0.05, 0) is 34.1 Å². The number of likely N-dealkylation sites (tertiary alicyclic amines) is 1. The molecular formula is C20H18BrN5O2S. The van der Waals surface area contributed by atoms with Crippen LogP contribution in [0.2, 0.25) is 0 Å². The van der Waals surface area contributed by atoms with Crippen LogP contribution in [0.3, 0.4) is 0 Å². The molecular weight excluding hydrogens is 454 g/mol. The molecule has 1 fully saturated rings. The number of rotatable bonds is 1. The number of pyridine rings is 1. The van der Waals surface area contributed by atoms with E-state index in [1.807, 2.05) is 30.3 Å². The van der Waals surface area contributed by atoms with Crippen molar-refractivity contribution in [3.8, 4) is 23.1 Å². The van der Waals surface area contributed by atoms with Crippen LogP contribution in [0.5, 0.6) is 0 Å². The molecule has 0 bridgehead atoms. The summed E-state index contributed by atoms with van der Waals surface area (Å²) in [6, 6.07) is 9.26. The molecule has 0 aliphatic carbocycles. The van der Waals surface area contributed by atoms with Crippen LogP contribution in [-0.4, -0.2) is 50.1 Å². The van der Waals surface area contributed by atoms with Gasteiger partial charge in [0.2, 0.25) is 5.60 Å². The van der Waals surface area contributed by atoms with Crippen LogP contribution in [0.25, 0.3) is 22.3 Å². The SMILES string of the molecule is CN1CC[C@](O)(C#Cc2cccc(-c3cc(Br)c4ncnc(N)c4n3)c2)C1=O.S. The number of aromatic nitrogens is 3. The smallest absolute Gasteiger partial charge is 0.267 e. The maximum atomic E-state index is 12.1. The number of likely N-dealkylation sites (N-methyl/N-ethyl adjacent to an activating group) is 1. The van der Waals surface area contributed by atoms with Crippen molar-refractivity contribution in [3.05, 3.63) is 46.7 Å². The Balaban J connectivity index is 0.00000240. The second-order valence-corrected chi connectivity index (χ2v) is 7.47. The number of aliphatic hydroxyl groups is 1. The number of hydrogen-bond donors (Lipinski definition) is 2. The fraction of sp³-hybridized carbons (Fsp3) is 0.200. The van der Waals surface area contributed by atoms with Gasteiger partial charge >= 0.3 is 0 Å². The molecule has 1 saturated heterocycles. The van der Waals surface area contributed by atoms with Crippen LogP contribution in [0, 0.1) is 11.8 Å². The van der Waals surface area contributed by atoms with Gasteiger partial charge in [-0.15, -0.1) is 0 Å². The van der Waals surface area contributed by atoms with Crippen LogP contribution in [0.4, 0.5) is 5.82 Å². The summed E-state index contributed by atoms with van der Waals surface area (Å²) < 4.78 is 0.756. The van der Waals surface area contributed by atoms with Crippen molar-refractivity contribution in [1.82, 2.24) is 19.9 Å². The minimum atomic E-state index is -1.62. The Morgan fingerprint density at radius 1 is 1.28 bits per heavy atom. The van der Waals surface area contributed by atoms with Gasteiger partial charge in [-0.1, -0.05) is 24.0 Å². The van der Waals surface area contributed by atoms with Gasteiger partial charge in [-0.2, -0.15) is 13.5 Å². The van der Waals surface area contributed by atoms with Gasteiger partial charge in [0.1, 0.15) is 17.4 Å². The highest BCUT2D eigenvalue weighted by molar-refractivity contribution is 9.10. The maximum absolute atomic E-state index is 12.1. The number of benzene rings is 1. The highest BCUT2D eigenvalue weighted by Gasteiger charge is 2.42. The molecule has 0 spiro atoms. The zero-order chi connectivity index (χ0) is 19.9. The quantitative estimate of drug-likeness (QED) is 0.526. The topological polar surface area (TPSA) is 105 Å². The second-order valence-electron chi connectivity index (χ2n) is 6.61. The van der Waals surface area contributed by atoms with E-state index in [1.165, 1.54) is 11.2 Å². The Morgan fingerprint density at radius 3 is 2.79 bits per heavy atom. The van der Waals surface area contributed by atoms with Crippen LogP contribution in [0.15, 0.2) is 41.1 Å². The van der Waals surface area contributed by atoms with E-state index in [9.17, 15) is 9.90 Å². The number of nitrogens with two attached hydrogens (primary N) is 1. The molecule has 29 heavy (non-hydrogen) atoms. The van der Waals surface area contributed by atoms with Gasteiger partial charge in [0.25, 0.3) is 5.91 Å². The number of halogens is 1. The number of nitrogens with zero attached hydrogens (tertiary/aromatic N) is 4. The van der Waals surface area contributed by atoms with Crippen molar-refractivity contribution in [2.75, 3.05) is 19.3 Å². The van der Waals surface area contributed by atoms with Crippen LogP contribution >= 0.6 is 29.4 Å². The molecule has 1 amide bonds. The average molecular weight is 472 g/mol. The van der Waals surface area contributed by atoms with Crippen molar-refractivity contribution in [2.24, 2.45) is 0 Å². The lowest BCUT2D eigenvalue weighted by molar-refractivity contribution is -0.137. The van der Waals surface area contributed by atoms with Crippen LogP contribution in [-0.2, 0) is 4.79 Å². The number of anilines is 1. The Morgan fingerprint density at radius 2 is 2.07 bits per heavy atom. The first-order chi connectivity index (χ1) is 13.4. The molecule has 0 saturated carbocycles. The van der Waals surface area contributed by atoms with Gasteiger partial charge in [-0.25, -0.2) is 15.0 Å². The first-order valence-corrected chi connectivity index (χ1v) is 9.35. The van der Waals surface area contributed by atoms with E-state index in [0.717, 1.165) is 10.0 Å². The monoisotopic (exact) mass is 471 g/mol. The Kier molecular flexibility index (Phi) is 5.80. The van der Waals surface area contributed by atoms with Gasteiger partial charge in [0, 0.05) is 35.6 Å². The summed E-state index contributed by atoms with van der Waals surface area (Å²) in [5, 5.41) is 10.5. The predicted molar refractivity (Wildman–Crippen MR) is 119 cm³/mol. The normalized spacial score (nSPS) is 18.3. The zero-order valence-electron chi connectivity index (χ0n) is 15.5. The Bertz CT molecular complexity index is 1180. The van der Waals surface area contributed by atoms with E-state index in [-0.39, 0.29) is 19.4 Å². The van der Waals surface area contributed by atoms with Crippen molar-refractivity contribution < 1.29 is 9.90 Å². The van der Waals surface area contributed by atoms with E-state index in [2.05, 4.69) is 42.7 Å². The molecule has 148 valence electrons. The predicted octanol–water partition coefficient (Wildman–Crippen LogP) is 2.09. The summed E-state index contributed by atoms with van der Waals surface area (Å²) in [6.07, 6.45) is 1.69. The molecule has 1 aromatic carbocycles. The van der Waals surface area contributed by atoms with Crippen molar-refractivity contribution >= 4 is 52.2 Å². The van der Waals surface area contributed by atoms with Crippen molar-refractivity contribution in [3.63, 3.8) is 0 Å². The molecule has 0 radical (unpaired) electrons. The third-order valence-corrected chi connectivity index (χ3v) is 5.26. The fourth-order valence-corrected chi connectivity index (χ4v) is 3.57. The molecule has 2 aromatic heterocycles. The zero-order valence-corrected chi connectivity index (χ0v) is 18.1. The minimum absolute atomic E-state index is 0. The molecule has 3 N–H and O–H groups in total. The number of nitrogen functional groups attached to an aromatic ring is 1.